The van der Waals surface area contributed by atoms with Crippen LogP contribution < -0.4 is 22.0 Å². The number of aliphatic hydroxyl groups is 1. The number of likely N-dealkylation sites (N-methyl/N-ethyl adjacent to an activating group) is 1. The normalized spacial score (nSPS) is 11.4. The highest BCUT2D eigenvalue weighted by Gasteiger charge is 2.25. The zero-order valence-corrected chi connectivity index (χ0v) is 24.1. The smallest absolute Gasteiger partial charge is 0.343 e. The van der Waals surface area contributed by atoms with Crippen LogP contribution in [0.25, 0.3) is 20.7 Å². The highest BCUT2D eigenvalue weighted by atomic mass is 32.1. The van der Waals surface area contributed by atoms with E-state index in [1.165, 1.54) is 17.7 Å². The Hall–Kier alpha value is -3.95. The molecule has 0 fully saturated rings. The third-order valence-corrected chi connectivity index (χ3v) is 7.86. The summed E-state index contributed by atoms with van der Waals surface area (Å²) in [5.74, 6) is -1.65. The molecule has 224 valence electrons. The summed E-state index contributed by atoms with van der Waals surface area (Å²) in [6.07, 6.45) is 0. The number of amides is 2. The molecule has 0 saturated heterocycles. The third kappa shape index (κ3) is 6.58. The Morgan fingerprint density at radius 3 is 2.36 bits per heavy atom. The zero-order valence-electron chi connectivity index (χ0n) is 23.3. The molecular weight excluding hydrogens is 572 g/mol. The minimum absolute atomic E-state index is 0.214. The lowest BCUT2D eigenvalue weighted by Crippen LogP contribution is -2.41. The van der Waals surface area contributed by atoms with Gasteiger partial charge in [-0.2, -0.15) is 0 Å². The minimum Gasteiger partial charge on any atom is -0.395 e. The summed E-state index contributed by atoms with van der Waals surface area (Å²) >= 11 is 1.15. The van der Waals surface area contributed by atoms with Crippen molar-refractivity contribution >= 4 is 33.3 Å². The molecule has 0 radical (unpaired) electrons. The number of aliphatic hydroxyl groups excluding tert-OH is 1. The van der Waals surface area contributed by atoms with E-state index >= 15 is 0 Å². The number of ether oxygens (including phenoxy) is 1. The summed E-state index contributed by atoms with van der Waals surface area (Å²) in [6.45, 7) is 0.0201. The summed E-state index contributed by atoms with van der Waals surface area (Å²) in [5, 5.41) is 12.5. The van der Waals surface area contributed by atoms with E-state index in [-0.39, 0.29) is 28.9 Å². The fourth-order valence-electron chi connectivity index (χ4n) is 4.53. The Kier molecular flexibility index (Phi) is 10.2. The van der Waals surface area contributed by atoms with Crippen molar-refractivity contribution in [2.24, 2.45) is 0 Å². The number of nitrogens with zero attached hydrogens (tertiary/aromatic N) is 3. The highest BCUT2D eigenvalue weighted by Crippen LogP contribution is 2.38. The van der Waals surface area contributed by atoms with Gasteiger partial charge in [0.2, 0.25) is 0 Å². The number of carbonyl (C=O) groups is 1. The molecule has 0 aliphatic carbocycles. The number of fused-ring (bicyclic) bond motifs is 1. The first-order chi connectivity index (χ1) is 20.2. The van der Waals surface area contributed by atoms with Crippen LogP contribution in [0.15, 0.2) is 52.1 Å². The fraction of sp³-hybridized carbons (Fsp3) is 0.321. The molecule has 0 unspecified atom stereocenters. The number of aromatic nitrogens is 2. The maximum Gasteiger partial charge on any atom is 0.343 e. The Morgan fingerprint density at radius 2 is 1.74 bits per heavy atom. The monoisotopic (exact) mass is 603 g/mol. The molecule has 0 spiro atoms. The van der Waals surface area contributed by atoms with Crippen molar-refractivity contribution in [3.8, 4) is 10.4 Å². The van der Waals surface area contributed by atoms with Gasteiger partial charge in [-0.1, -0.05) is 18.2 Å². The van der Waals surface area contributed by atoms with E-state index in [0.717, 1.165) is 28.0 Å². The quantitative estimate of drug-likeness (QED) is 0.213. The number of rotatable bonds is 12. The van der Waals surface area contributed by atoms with E-state index in [2.05, 4.69) is 15.6 Å². The van der Waals surface area contributed by atoms with E-state index in [1.54, 1.807) is 31.4 Å². The predicted molar refractivity (Wildman–Crippen MR) is 156 cm³/mol. The molecule has 0 aliphatic rings. The van der Waals surface area contributed by atoms with Crippen molar-refractivity contribution in [3.63, 3.8) is 0 Å². The molecule has 2 aromatic carbocycles. The molecule has 42 heavy (non-hydrogen) atoms. The number of hydrogen-bond acceptors (Lipinski definition) is 8. The molecular formula is C28H31F2N5O6S. The fourth-order valence-corrected chi connectivity index (χ4v) is 5.83. The van der Waals surface area contributed by atoms with Gasteiger partial charge < -0.3 is 15.2 Å². The summed E-state index contributed by atoms with van der Waals surface area (Å²) in [5.41, 5.74) is 2.20. The van der Waals surface area contributed by atoms with Crippen molar-refractivity contribution in [1.82, 2.24) is 19.5 Å². The third-order valence-electron chi connectivity index (χ3n) is 6.56. The first-order valence-corrected chi connectivity index (χ1v) is 13.7. The number of hydrogen-bond donors (Lipinski definition) is 3. The number of halogens is 2. The molecule has 0 saturated carbocycles. The number of hydroxylamine groups is 1. The summed E-state index contributed by atoms with van der Waals surface area (Å²) in [7, 11) is 4.74. The van der Waals surface area contributed by atoms with Gasteiger partial charge in [-0.25, -0.2) is 23.9 Å². The average molecular weight is 604 g/mol. The number of thiophene rings is 1. The largest absolute Gasteiger partial charge is 0.395 e. The Labute approximate surface area is 243 Å². The van der Waals surface area contributed by atoms with Gasteiger partial charge in [0.15, 0.2) is 0 Å². The van der Waals surface area contributed by atoms with Crippen LogP contribution >= 0.6 is 11.3 Å². The number of carbonyl (C=O) groups excluding carboxylic acids is 1. The molecule has 4 aromatic rings. The zero-order chi connectivity index (χ0) is 30.4. The lowest BCUT2D eigenvalue weighted by molar-refractivity contribution is 0.114. The Bertz CT molecular complexity index is 1670. The second kappa shape index (κ2) is 13.8. The van der Waals surface area contributed by atoms with Gasteiger partial charge in [-0.05, 0) is 42.4 Å². The van der Waals surface area contributed by atoms with Gasteiger partial charge in [0.25, 0.3) is 5.56 Å². The van der Waals surface area contributed by atoms with Crippen LogP contribution in [-0.4, -0.2) is 66.2 Å². The van der Waals surface area contributed by atoms with Crippen LogP contribution in [0, 0.1) is 11.6 Å². The number of urea groups is 1. The number of methoxy groups -OCH3 is 1. The van der Waals surface area contributed by atoms with E-state index < -0.39 is 42.1 Å². The Morgan fingerprint density at radius 1 is 1.05 bits per heavy atom. The second-order valence-electron chi connectivity index (χ2n) is 9.41. The van der Waals surface area contributed by atoms with Gasteiger partial charge in [-0.3, -0.25) is 23.7 Å². The Balaban J connectivity index is 1.95. The van der Waals surface area contributed by atoms with Gasteiger partial charge in [0.1, 0.15) is 16.5 Å². The molecule has 0 bridgehead atoms. The van der Waals surface area contributed by atoms with Crippen LogP contribution in [0.3, 0.4) is 0 Å². The standard InChI is InChI=1S/C28H31F2N5O6S/c1-33(12-14-40-2)15-20-23-25(37)34(11-13-36)28(39)35(16-19-21(29)5-4-6-22(19)30)26(23)42-24(20)17-7-9-18(10-8-17)31-27(38)32-41-3/h4-10,36H,11-16H2,1-3H3,(H2,31,32,38). The van der Waals surface area contributed by atoms with Gasteiger partial charge in [-0.15, -0.1) is 11.3 Å². The van der Waals surface area contributed by atoms with Crippen LogP contribution in [0.5, 0.6) is 0 Å². The van der Waals surface area contributed by atoms with E-state index in [0.29, 0.717) is 34.8 Å². The first-order valence-electron chi connectivity index (χ1n) is 12.9. The summed E-state index contributed by atoms with van der Waals surface area (Å²) in [6, 6.07) is 9.69. The SMILES string of the molecule is COCCN(C)Cc1c(-c2ccc(NC(=O)NOC)cc2)sc2c1c(=O)n(CCO)c(=O)n2Cc1c(F)cccc1F. The molecule has 0 aliphatic heterocycles. The highest BCUT2D eigenvalue weighted by molar-refractivity contribution is 7.22. The maximum atomic E-state index is 14.7. The van der Waals surface area contributed by atoms with E-state index in [9.17, 15) is 28.3 Å². The van der Waals surface area contributed by atoms with Crippen LogP contribution in [0.2, 0.25) is 0 Å². The summed E-state index contributed by atoms with van der Waals surface area (Å²) in [4.78, 5) is 46.6. The van der Waals surface area contributed by atoms with Crippen LogP contribution in [0.1, 0.15) is 11.1 Å². The molecule has 3 N–H and O–H groups in total. The molecule has 0 atom stereocenters. The topological polar surface area (TPSA) is 127 Å². The van der Waals surface area contributed by atoms with Crippen molar-refractivity contribution in [2.45, 2.75) is 19.6 Å². The molecule has 2 aromatic heterocycles. The first kappa shape index (κ1) is 31.0. The van der Waals surface area contributed by atoms with Gasteiger partial charge in [0.05, 0.1) is 38.8 Å². The second-order valence-corrected chi connectivity index (χ2v) is 10.4. The molecule has 14 heteroatoms. The van der Waals surface area contributed by atoms with Gasteiger partial charge in [0, 0.05) is 36.3 Å². The van der Waals surface area contributed by atoms with E-state index in [1.807, 2.05) is 11.9 Å². The molecule has 4 rings (SSSR count). The van der Waals surface area contributed by atoms with Crippen LogP contribution in [-0.2, 0) is 29.2 Å². The lowest BCUT2D eigenvalue weighted by Gasteiger charge is -2.17. The lowest BCUT2D eigenvalue weighted by atomic mass is 10.1. The number of benzene rings is 2. The van der Waals surface area contributed by atoms with Crippen molar-refractivity contribution in [2.75, 3.05) is 46.3 Å². The molecule has 2 heterocycles. The van der Waals surface area contributed by atoms with Gasteiger partial charge >= 0.3 is 11.7 Å². The predicted octanol–water partition coefficient (Wildman–Crippen LogP) is 2.97. The van der Waals surface area contributed by atoms with Crippen molar-refractivity contribution < 1.29 is 28.3 Å². The maximum absolute atomic E-state index is 14.7. The van der Waals surface area contributed by atoms with Crippen molar-refractivity contribution in [1.29, 1.82) is 0 Å². The average Bonchev–Trinajstić information content (AvgIpc) is 3.33. The molecule has 11 nitrogen and oxygen atoms in total. The van der Waals surface area contributed by atoms with E-state index in [4.69, 9.17) is 4.74 Å². The number of anilines is 1. The van der Waals surface area contributed by atoms with Crippen molar-refractivity contribution in [3.05, 3.63) is 86.1 Å². The van der Waals surface area contributed by atoms with Crippen LogP contribution in [0.4, 0.5) is 19.3 Å². The summed E-state index contributed by atoms with van der Waals surface area (Å²) < 4.78 is 36.6. The molecule has 2 amide bonds. The minimum atomic E-state index is -0.827. The number of nitrogens with one attached hydrogen (secondary N) is 2.